The molecule has 2 heterocycles. The Balaban J connectivity index is 1.97. The van der Waals surface area contributed by atoms with E-state index in [4.69, 9.17) is 9.52 Å². The summed E-state index contributed by atoms with van der Waals surface area (Å²) >= 11 is 0. The van der Waals surface area contributed by atoms with Crippen LogP contribution >= 0.6 is 0 Å². The SMILES string of the molecule is Cc1cc2oc(=O)cc(CN3CCCC3CCCO)c2cc1C(C)C. The predicted molar refractivity (Wildman–Crippen MR) is 101 cm³/mol. The molecule has 0 amide bonds. The monoisotopic (exact) mass is 343 g/mol. The molecule has 0 radical (unpaired) electrons. The van der Waals surface area contributed by atoms with Crippen LogP contribution in [0.5, 0.6) is 0 Å². The Morgan fingerprint density at radius 2 is 2.12 bits per heavy atom. The lowest BCUT2D eigenvalue weighted by atomic mass is 9.94. The van der Waals surface area contributed by atoms with Crippen molar-refractivity contribution in [2.45, 2.75) is 65.0 Å². The molecule has 0 saturated carbocycles. The van der Waals surface area contributed by atoms with Gasteiger partial charge in [-0.3, -0.25) is 4.90 Å². The van der Waals surface area contributed by atoms with Gasteiger partial charge in [-0.05, 0) is 73.9 Å². The standard InChI is InChI=1S/C21H29NO3/c1-14(2)18-12-19-16(11-21(24)25-20(19)10-15(18)3)13-22-8-4-6-17(22)7-5-9-23/h10-12,14,17,23H,4-9,13H2,1-3H3. The van der Waals surface area contributed by atoms with Gasteiger partial charge in [-0.15, -0.1) is 0 Å². The summed E-state index contributed by atoms with van der Waals surface area (Å²) in [5.41, 5.74) is 3.95. The maximum atomic E-state index is 12.0. The summed E-state index contributed by atoms with van der Waals surface area (Å²) in [5, 5.41) is 10.2. The highest BCUT2D eigenvalue weighted by Crippen LogP contribution is 2.29. The zero-order chi connectivity index (χ0) is 18.0. The minimum atomic E-state index is -0.273. The van der Waals surface area contributed by atoms with E-state index in [0.717, 1.165) is 36.9 Å². The summed E-state index contributed by atoms with van der Waals surface area (Å²) in [7, 11) is 0. The maximum absolute atomic E-state index is 12.0. The van der Waals surface area contributed by atoms with Crippen LogP contribution < -0.4 is 5.63 Å². The summed E-state index contributed by atoms with van der Waals surface area (Å²) in [6.07, 6.45) is 4.23. The number of benzene rings is 1. The first-order chi connectivity index (χ1) is 12.0. The van der Waals surface area contributed by atoms with Gasteiger partial charge in [0.1, 0.15) is 5.58 Å². The predicted octanol–water partition coefficient (Wildman–Crippen LogP) is 3.96. The number of aryl methyl sites for hydroxylation is 1. The first-order valence-electron chi connectivity index (χ1n) is 9.41. The highest BCUT2D eigenvalue weighted by Gasteiger charge is 2.25. The second kappa shape index (κ2) is 7.71. The highest BCUT2D eigenvalue weighted by atomic mass is 16.4. The smallest absolute Gasteiger partial charge is 0.336 e. The minimum Gasteiger partial charge on any atom is -0.423 e. The molecule has 136 valence electrons. The van der Waals surface area contributed by atoms with E-state index in [2.05, 4.69) is 31.7 Å². The molecular formula is C21H29NO3. The minimum absolute atomic E-state index is 0.249. The third-order valence-corrected chi connectivity index (χ3v) is 5.41. The molecule has 1 aliphatic heterocycles. The largest absolute Gasteiger partial charge is 0.423 e. The fourth-order valence-electron chi connectivity index (χ4n) is 4.12. The zero-order valence-corrected chi connectivity index (χ0v) is 15.5. The molecule has 4 nitrogen and oxygen atoms in total. The quantitative estimate of drug-likeness (QED) is 0.807. The fourth-order valence-corrected chi connectivity index (χ4v) is 4.12. The van der Waals surface area contributed by atoms with Crippen LogP contribution in [0.3, 0.4) is 0 Å². The van der Waals surface area contributed by atoms with E-state index in [1.807, 2.05) is 6.07 Å². The van der Waals surface area contributed by atoms with Crippen LogP contribution in [0, 0.1) is 6.92 Å². The van der Waals surface area contributed by atoms with E-state index in [1.54, 1.807) is 6.07 Å². The molecule has 0 bridgehead atoms. The number of fused-ring (bicyclic) bond motifs is 1. The topological polar surface area (TPSA) is 53.7 Å². The number of aliphatic hydroxyl groups is 1. The summed E-state index contributed by atoms with van der Waals surface area (Å²) in [5.74, 6) is 0.438. The Morgan fingerprint density at radius 3 is 2.84 bits per heavy atom. The van der Waals surface area contributed by atoms with Crippen LogP contribution in [0.25, 0.3) is 11.0 Å². The van der Waals surface area contributed by atoms with Crippen LogP contribution in [0.4, 0.5) is 0 Å². The van der Waals surface area contributed by atoms with Crippen molar-refractivity contribution in [3.8, 4) is 0 Å². The molecule has 4 heteroatoms. The second-order valence-electron chi connectivity index (χ2n) is 7.58. The fraction of sp³-hybridized carbons (Fsp3) is 0.571. The third-order valence-electron chi connectivity index (χ3n) is 5.41. The van der Waals surface area contributed by atoms with E-state index >= 15 is 0 Å². The number of hydrogen-bond acceptors (Lipinski definition) is 4. The van der Waals surface area contributed by atoms with Gasteiger partial charge >= 0.3 is 5.63 Å². The molecule has 1 N–H and O–H groups in total. The molecule has 1 saturated heterocycles. The molecule has 0 aliphatic carbocycles. The Morgan fingerprint density at radius 1 is 1.32 bits per heavy atom. The van der Waals surface area contributed by atoms with E-state index < -0.39 is 0 Å². The lowest BCUT2D eigenvalue weighted by Crippen LogP contribution is -2.29. The number of likely N-dealkylation sites (tertiary alicyclic amines) is 1. The van der Waals surface area contributed by atoms with Crippen LogP contribution in [-0.2, 0) is 6.54 Å². The molecule has 1 atom stereocenters. The molecule has 2 aromatic rings. The van der Waals surface area contributed by atoms with Crippen LogP contribution in [0.2, 0.25) is 0 Å². The maximum Gasteiger partial charge on any atom is 0.336 e. The number of rotatable bonds is 6. The molecular weight excluding hydrogens is 314 g/mol. The Bertz CT molecular complexity index is 794. The Labute approximate surface area is 149 Å². The van der Waals surface area contributed by atoms with Crippen molar-refractivity contribution in [2.24, 2.45) is 0 Å². The Hall–Kier alpha value is -1.65. The van der Waals surface area contributed by atoms with Crippen molar-refractivity contribution >= 4 is 11.0 Å². The Kier molecular flexibility index (Phi) is 5.60. The zero-order valence-electron chi connectivity index (χ0n) is 15.5. The van der Waals surface area contributed by atoms with Crippen LogP contribution in [0.1, 0.15) is 62.1 Å². The number of nitrogens with zero attached hydrogens (tertiary/aromatic N) is 1. The van der Waals surface area contributed by atoms with Gasteiger partial charge in [0.25, 0.3) is 0 Å². The normalized spacial score (nSPS) is 18.5. The number of hydrogen-bond donors (Lipinski definition) is 1. The molecule has 0 spiro atoms. The van der Waals surface area contributed by atoms with Crippen molar-refractivity contribution in [3.63, 3.8) is 0 Å². The van der Waals surface area contributed by atoms with Gasteiger partial charge in [-0.1, -0.05) is 13.8 Å². The van der Waals surface area contributed by atoms with Crippen molar-refractivity contribution in [3.05, 3.63) is 45.3 Å². The van der Waals surface area contributed by atoms with Crippen LogP contribution in [-0.4, -0.2) is 29.2 Å². The lowest BCUT2D eigenvalue weighted by molar-refractivity contribution is 0.210. The average molecular weight is 343 g/mol. The molecule has 1 unspecified atom stereocenters. The summed E-state index contributed by atoms with van der Waals surface area (Å²) in [6, 6.07) is 6.36. The van der Waals surface area contributed by atoms with Crippen molar-refractivity contribution < 1.29 is 9.52 Å². The van der Waals surface area contributed by atoms with Gasteiger partial charge in [0.15, 0.2) is 0 Å². The van der Waals surface area contributed by atoms with Gasteiger partial charge in [-0.2, -0.15) is 0 Å². The molecule has 1 aliphatic rings. The van der Waals surface area contributed by atoms with Gasteiger partial charge in [0.05, 0.1) is 0 Å². The number of aliphatic hydroxyl groups excluding tert-OH is 1. The molecule has 3 rings (SSSR count). The average Bonchev–Trinajstić information content (AvgIpc) is 2.98. The van der Waals surface area contributed by atoms with E-state index in [0.29, 0.717) is 17.5 Å². The second-order valence-corrected chi connectivity index (χ2v) is 7.58. The van der Waals surface area contributed by atoms with E-state index in [9.17, 15) is 4.79 Å². The summed E-state index contributed by atoms with van der Waals surface area (Å²) in [6.45, 7) is 8.54. The molecule has 1 fully saturated rings. The molecule has 25 heavy (non-hydrogen) atoms. The third kappa shape index (κ3) is 3.96. The summed E-state index contributed by atoms with van der Waals surface area (Å²) < 4.78 is 5.47. The lowest BCUT2D eigenvalue weighted by Gasteiger charge is -2.25. The first kappa shape index (κ1) is 18.2. The highest BCUT2D eigenvalue weighted by molar-refractivity contribution is 5.82. The van der Waals surface area contributed by atoms with E-state index in [-0.39, 0.29) is 12.2 Å². The van der Waals surface area contributed by atoms with Crippen molar-refractivity contribution in [1.29, 1.82) is 0 Å². The molecule has 1 aromatic heterocycles. The van der Waals surface area contributed by atoms with Gasteiger partial charge in [-0.25, -0.2) is 4.79 Å². The van der Waals surface area contributed by atoms with Gasteiger partial charge < -0.3 is 9.52 Å². The van der Waals surface area contributed by atoms with Crippen molar-refractivity contribution in [2.75, 3.05) is 13.2 Å². The van der Waals surface area contributed by atoms with Gasteiger partial charge in [0, 0.05) is 30.6 Å². The molecule has 1 aromatic carbocycles. The van der Waals surface area contributed by atoms with Crippen molar-refractivity contribution in [1.82, 2.24) is 4.90 Å². The van der Waals surface area contributed by atoms with E-state index in [1.165, 1.54) is 24.0 Å². The van der Waals surface area contributed by atoms with Crippen LogP contribution in [0.15, 0.2) is 27.4 Å². The summed E-state index contributed by atoms with van der Waals surface area (Å²) in [4.78, 5) is 14.5. The van der Waals surface area contributed by atoms with Gasteiger partial charge in [0.2, 0.25) is 0 Å². The first-order valence-corrected chi connectivity index (χ1v) is 9.41.